The van der Waals surface area contributed by atoms with E-state index >= 15 is 0 Å². The summed E-state index contributed by atoms with van der Waals surface area (Å²) in [5.74, 6) is 0.672. The molecule has 2 N–H and O–H groups in total. The van der Waals surface area contributed by atoms with Crippen molar-refractivity contribution in [3.05, 3.63) is 94.1 Å². The fourth-order valence-electron chi connectivity index (χ4n) is 3.68. The molecule has 10 heteroatoms. The van der Waals surface area contributed by atoms with Crippen LogP contribution >= 0.6 is 23.2 Å². The van der Waals surface area contributed by atoms with Crippen LogP contribution in [-0.4, -0.2) is 30.6 Å². The Kier molecular flexibility index (Phi) is 5.53. The highest BCUT2D eigenvalue weighted by molar-refractivity contribution is 6.42. The molecule has 0 saturated carbocycles. The molecule has 1 amide bonds. The number of anilines is 2. The number of allylic oxidation sites excluding steroid dienone is 1. The zero-order valence-electron chi connectivity index (χ0n) is 17.3. The topological polar surface area (TPSA) is 97.6 Å². The zero-order chi connectivity index (χ0) is 22.9. The van der Waals surface area contributed by atoms with Crippen molar-refractivity contribution in [1.82, 2.24) is 24.7 Å². The summed E-state index contributed by atoms with van der Waals surface area (Å²) in [5.41, 5.74) is 3.24. The normalized spacial score (nSPS) is 15.1. The third-order valence-corrected chi connectivity index (χ3v) is 5.93. The molecular formula is C23H17Cl2N7O. The fourth-order valence-corrected chi connectivity index (χ4v) is 3.98. The average molecular weight is 478 g/mol. The van der Waals surface area contributed by atoms with E-state index in [1.165, 1.54) is 0 Å². The SMILES string of the molecule is CC1=C(C(=O)Nc2cccnc2)C(c2cccnc2)n2nc(-c3ccc(Cl)c(Cl)c3)nc2N1. The maximum Gasteiger partial charge on any atom is 0.255 e. The van der Waals surface area contributed by atoms with Gasteiger partial charge in [-0.1, -0.05) is 29.3 Å². The van der Waals surface area contributed by atoms with E-state index in [2.05, 4.69) is 25.6 Å². The molecule has 0 saturated heterocycles. The Morgan fingerprint density at radius 2 is 1.85 bits per heavy atom. The lowest BCUT2D eigenvalue weighted by molar-refractivity contribution is -0.113. The van der Waals surface area contributed by atoms with E-state index in [4.69, 9.17) is 28.3 Å². The molecule has 1 aliphatic rings. The number of benzene rings is 1. The Labute approximate surface area is 199 Å². The summed E-state index contributed by atoms with van der Waals surface area (Å²) in [6, 6.07) is 11.9. The highest BCUT2D eigenvalue weighted by Crippen LogP contribution is 2.37. The van der Waals surface area contributed by atoms with Crippen LogP contribution in [0.2, 0.25) is 10.0 Å². The Morgan fingerprint density at radius 1 is 1.06 bits per heavy atom. The van der Waals surface area contributed by atoms with E-state index in [1.807, 2.05) is 19.1 Å². The van der Waals surface area contributed by atoms with Gasteiger partial charge in [-0.3, -0.25) is 14.8 Å². The highest BCUT2D eigenvalue weighted by Gasteiger charge is 2.34. The van der Waals surface area contributed by atoms with Crippen molar-refractivity contribution < 1.29 is 4.79 Å². The van der Waals surface area contributed by atoms with Gasteiger partial charge in [-0.15, -0.1) is 5.10 Å². The first-order valence-corrected chi connectivity index (χ1v) is 10.8. The van der Waals surface area contributed by atoms with Gasteiger partial charge in [-0.05, 0) is 48.9 Å². The molecule has 8 nitrogen and oxygen atoms in total. The number of fused-ring (bicyclic) bond motifs is 1. The van der Waals surface area contributed by atoms with Gasteiger partial charge in [0.05, 0.1) is 27.5 Å². The van der Waals surface area contributed by atoms with Crippen LogP contribution in [0.5, 0.6) is 0 Å². The van der Waals surface area contributed by atoms with Crippen molar-refractivity contribution in [3.8, 4) is 11.4 Å². The number of amides is 1. The molecule has 0 spiro atoms. The number of carbonyl (C=O) groups is 1. The number of hydrogen-bond acceptors (Lipinski definition) is 6. The number of nitrogens with one attached hydrogen (secondary N) is 2. The molecule has 1 aromatic carbocycles. The summed E-state index contributed by atoms with van der Waals surface area (Å²) in [7, 11) is 0. The predicted octanol–water partition coefficient (Wildman–Crippen LogP) is 4.97. The standard InChI is InChI=1S/C23H17Cl2N7O/c1-13-19(22(33)29-16-5-3-9-27-12-16)20(15-4-2-8-26-11-15)32-23(28-13)30-21(31-32)14-6-7-17(24)18(25)10-14/h2-12,20H,1H3,(H,29,33)(H,28,30,31). The van der Waals surface area contributed by atoms with E-state index < -0.39 is 6.04 Å². The molecule has 0 fully saturated rings. The number of carbonyl (C=O) groups excluding carboxylic acids is 1. The monoisotopic (exact) mass is 477 g/mol. The van der Waals surface area contributed by atoms with E-state index in [0.717, 1.165) is 5.56 Å². The molecule has 164 valence electrons. The van der Waals surface area contributed by atoms with Crippen molar-refractivity contribution in [1.29, 1.82) is 0 Å². The minimum Gasteiger partial charge on any atom is -0.328 e. The number of nitrogens with zero attached hydrogens (tertiary/aromatic N) is 5. The van der Waals surface area contributed by atoms with Gasteiger partial charge in [-0.25, -0.2) is 4.68 Å². The molecule has 4 aromatic rings. The molecular weight excluding hydrogens is 461 g/mol. The highest BCUT2D eigenvalue weighted by atomic mass is 35.5. The van der Waals surface area contributed by atoms with Gasteiger partial charge in [0.1, 0.15) is 6.04 Å². The van der Waals surface area contributed by atoms with E-state index in [9.17, 15) is 4.79 Å². The first-order chi connectivity index (χ1) is 16.0. The average Bonchev–Trinajstić information content (AvgIpc) is 3.24. The smallest absolute Gasteiger partial charge is 0.255 e. The van der Waals surface area contributed by atoms with Gasteiger partial charge < -0.3 is 10.6 Å². The van der Waals surface area contributed by atoms with Crippen LogP contribution in [-0.2, 0) is 4.79 Å². The van der Waals surface area contributed by atoms with Crippen LogP contribution in [0, 0.1) is 0 Å². The molecule has 4 heterocycles. The van der Waals surface area contributed by atoms with Crippen LogP contribution in [0.1, 0.15) is 18.5 Å². The van der Waals surface area contributed by atoms with Crippen molar-refractivity contribution in [2.45, 2.75) is 13.0 Å². The van der Waals surface area contributed by atoms with E-state index in [0.29, 0.717) is 44.3 Å². The Morgan fingerprint density at radius 3 is 2.55 bits per heavy atom. The lowest BCUT2D eigenvalue weighted by Gasteiger charge is -2.28. The number of halogens is 2. The summed E-state index contributed by atoms with van der Waals surface area (Å²) in [5, 5.41) is 11.7. The number of hydrogen-bond donors (Lipinski definition) is 2. The number of pyridine rings is 2. The molecule has 5 rings (SSSR count). The fraction of sp³-hybridized carbons (Fsp3) is 0.0870. The molecule has 0 radical (unpaired) electrons. The summed E-state index contributed by atoms with van der Waals surface area (Å²) < 4.78 is 1.68. The van der Waals surface area contributed by atoms with Crippen LogP contribution in [0.3, 0.4) is 0 Å². The van der Waals surface area contributed by atoms with Gasteiger partial charge in [0, 0.05) is 29.9 Å². The maximum atomic E-state index is 13.4. The predicted molar refractivity (Wildman–Crippen MR) is 127 cm³/mol. The molecule has 1 atom stereocenters. The van der Waals surface area contributed by atoms with Crippen molar-refractivity contribution >= 4 is 40.7 Å². The van der Waals surface area contributed by atoms with Crippen LogP contribution < -0.4 is 10.6 Å². The van der Waals surface area contributed by atoms with Crippen LogP contribution in [0.25, 0.3) is 11.4 Å². The molecule has 33 heavy (non-hydrogen) atoms. The largest absolute Gasteiger partial charge is 0.328 e. The van der Waals surface area contributed by atoms with Gasteiger partial charge in [0.2, 0.25) is 5.95 Å². The number of aromatic nitrogens is 5. The lowest BCUT2D eigenvalue weighted by Crippen LogP contribution is -2.31. The quantitative estimate of drug-likeness (QED) is 0.430. The van der Waals surface area contributed by atoms with Crippen LogP contribution in [0.15, 0.2) is 78.5 Å². The first kappa shape index (κ1) is 21.1. The Bertz CT molecular complexity index is 1370. The lowest BCUT2D eigenvalue weighted by atomic mass is 9.96. The summed E-state index contributed by atoms with van der Waals surface area (Å²) in [6.07, 6.45) is 6.63. The second-order valence-electron chi connectivity index (χ2n) is 7.38. The third kappa shape index (κ3) is 4.06. The summed E-state index contributed by atoms with van der Waals surface area (Å²) >= 11 is 12.3. The minimum absolute atomic E-state index is 0.279. The summed E-state index contributed by atoms with van der Waals surface area (Å²) in [4.78, 5) is 26.3. The third-order valence-electron chi connectivity index (χ3n) is 5.19. The Hall–Kier alpha value is -3.75. The van der Waals surface area contributed by atoms with Gasteiger partial charge in [0.25, 0.3) is 5.91 Å². The maximum absolute atomic E-state index is 13.4. The second kappa shape index (κ2) is 8.65. The molecule has 0 bridgehead atoms. The molecule has 1 unspecified atom stereocenters. The van der Waals surface area contributed by atoms with Crippen molar-refractivity contribution in [3.63, 3.8) is 0 Å². The zero-order valence-corrected chi connectivity index (χ0v) is 18.8. The van der Waals surface area contributed by atoms with Crippen molar-refractivity contribution in [2.24, 2.45) is 0 Å². The van der Waals surface area contributed by atoms with Gasteiger partial charge >= 0.3 is 0 Å². The summed E-state index contributed by atoms with van der Waals surface area (Å²) in [6.45, 7) is 1.83. The molecule has 0 aliphatic carbocycles. The Balaban J connectivity index is 1.59. The second-order valence-corrected chi connectivity index (χ2v) is 8.20. The van der Waals surface area contributed by atoms with E-state index in [-0.39, 0.29) is 5.91 Å². The number of rotatable bonds is 4. The molecule has 3 aromatic heterocycles. The van der Waals surface area contributed by atoms with E-state index in [1.54, 1.807) is 59.8 Å². The minimum atomic E-state index is -0.546. The van der Waals surface area contributed by atoms with Gasteiger partial charge in [-0.2, -0.15) is 4.98 Å². The van der Waals surface area contributed by atoms with Crippen molar-refractivity contribution in [2.75, 3.05) is 10.6 Å². The first-order valence-electron chi connectivity index (χ1n) is 10.0. The van der Waals surface area contributed by atoms with Crippen LogP contribution in [0.4, 0.5) is 11.6 Å². The van der Waals surface area contributed by atoms with Gasteiger partial charge in [0.15, 0.2) is 5.82 Å². The molecule has 1 aliphatic heterocycles.